The van der Waals surface area contributed by atoms with Gasteiger partial charge in [0, 0.05) is 6.54 Å². The molecule has 0 fully saturated rings. The summed E-state index contributed by atoms with van der Waals surface area (Å²) in [4.78, 5) is 31.0. The normalized spacial score (nSPS) is 12.5. The van der Waals surface area contributed by atoms with Gasteiger partial charge >= 0.3 is 149 Å². The van der Waals surface area contributed by atoms with Crippen LogP contribution in [0.5, 0.6) is 0 Å². The molecular formula is C27H33B2N5O7S2. The topological polar surface area (TPSA) is 175 Å². The number of thiophene rings is 1. The van der Waals surface area contributed by atoms with Gasteiger partial charge < -0.3 is 4.74 Å². The fourth-order valence-corrected chi connectivity index (χ4v) is 5.76. The zero-order valence-electron chi connectivity index (χ0n) is 24.2. The molecule has 1 amide bonds. The number of hydrogen-bond acceptors (Lipinski definition) is 9. The molecule has 0 aliphatic heterocycles. The summed E-state index contributed by atoms with van der Waals surface area (Å²) in [5.41, 5.74) is 0.528. The molecule has 0 aliphatic rings. The Bertz CT molecular complexity index is 1560. The van der Waals surface area contributed by atoms with Crippen LogP contribution in [0.25, 0.3) is 10.4 Å². The van der Waals surface area contributed by atoms with E-state index in [2.05, 4.69) is 25.6 Å². The van der Waals surface area contributed by atoms with Crippen LogP contribution in [-0.2, 0) is 24.3 Å². The number of guanidine groups is 1. The number of esters is 1. The Balaban J connectivity index is 1.74. The van der Waals surface area contributed by atoms with E-state index < -0.39 is 40.6 Å². The molecule has 43 heavy (non-hydrogen) atoms. The Hall–Kier alpha value is -3.85. The molecule has 1 heterocycles. The van der Waals surface area contributed by atoms with Gasteiger partial charge in [-0.15, -0.1) is 0 Å². The van der Waals surface area contributed by atoms with Crippen molar-refractivity contribution in [2.24, 2.45) is 4.90 Å². The van der Waals surface area contributed by atoms with E-state index in [0.29, 0.717) is 17.7 Å². The number of sulfonamides is 1. The number of rotatable bonds is 12. The summed E-state index contributed by atoms with van der Waals surface area (Å²) in [5, 5.41) is 18.0. The van der Waals surface area contributed by atoms with Gasteiger partial charge in [0.25, 0.3) is 0 Å². The van der Waals surface area contributed by atoms with Crippen LogP contribution in [0.4, 0.5) is 5.69 Å². The van der Waals surface area contributed by atoms with Crippen molar-refractivity contribution in [3.63, 3.8) is 0 Å². The fraction of sp³-hybridized carbons (Fsp3) is 0.296. The minimum atomic E-state index is -4.08. The SMILES string of the molecule is CB(O)/N=C(\NCB=O)Nc1cccc(-c2ccc(C(=O)NCC(NS(=O)(=O)c3ccccc3)C(=O)OC(C)(C)C)s2)c1. The molecule has 0 aliphatic carbocycles. The van der Waals surface area contributed by atoms with Crippen molar-refractivity contribution in [2.45, 2.75) is 44.1 Å². The molecule has 0 radical (unpaired) electrons. The first-order chi connectivity index (χ1) is 20.3. The summed E-state index contributed by atoms with van der Waals surface area (Å²) in [5.74, 6) is -1.11. The van der Waals surface area contributed by atoms with E-state index >= 15 is 0 Å². The number of carbonyl (C=O) groups is 2. The third kappa shape index (κ3) is 10.7. The molecule has 5 N–H and O–H groups in total. The third-order valence-corrected chi connectivity index (χ3v) is 8.04. The van der Waals surface area contributed by atoms with Crippen molar-refractivity contribution in [1.29, 1.82) is 0 Å². The van der Waals surface area contributed by atoms with Crippen LogP contribution < -0.4 is 20.7 Å². The Kier molecular flexibility index (Phi) is 11.8. The molecule has 2 aromatic carbocycles. The summed E-state index contributed by atoms with van der Waals surface area (Å²) in [6, 6.07) is 16.8. The first kappa shape index (κ1) is 33.6. The van der Waals surface area contributed by atoms with Crippen LogP contribution in [0.1, 0.15) is 30.4 Å². The van der Waals surface area contributed by atoms with Gasteiger partial charge in [-0.3, -0.25) is 4.79 Å². The molecular weight excluding hydrogens is 592 g/mol. The number of amides is 1. The van der Waals surface area contributed by atoms with Gasteiger partial charge in [0.2, 0.25) is 10.0 Å². The third-order valence-electron chi connectivity index (χ3n) is 5.42. The second-order valence-electron chi connectivity index (χ2n) is 10.3. The second kappa shape index (κ2) is 15.0. The number of carbonyl (C=O) groups excluding carboxylic acids is 2. The van der Waals surface area contributed by atoms with Crippen LogP contribution in [0.15, 0.2) is 76.5 Å². The van der Waals surface area contributed by atoms with E-state index in [9.17, 15) is 27.7 Å². The van der Waals surface area contributed by atoms with Crippen molar-refractivity contribution in [3.05, 3.63) is 71.6 Å². The maximum atomic E-state index is 13.0. The maximum absolute atomic E-state index is 13.0. The molecule has 1 unspecified atom stereocenters. The van der Waals surface area contributed by atoms with Crippen molar-refractivity contribution >= 4 is 59.1 Å². The Labute approximate surface area is 255 Å². The molecule has 0 bridgehead atoms. The number of anilines is 1. The Morgan fingerprint density at radius 1 is 1.07 bits per heavy atom. The van der Waals surface area contributed by atoms with Crippen LogP contribution >= 0.6 is 11.3 Å². The van der Waals surface area contributed by atoms with E-state index in [1.54, 1.807) is 63.2 Å². The summed E-state index contributed by atoms with van der Waals surface area (Å²) in [6.45, 7) is 6.11. The zero-order chi connectivity index (χ0) is 31.6. The average molecular weight is 625 g/mol. The minimum absolute atomic E-state index is 0.00410. The van der Waals surface area contributed by atoms with Crippen LogP contribution in [0.2, 0.25) is 6.82 Å². The van der Waals surface area contributed by atoms with Crippen LogP contribution in [0, 0.1) is 0 Å². The van der Waals surface area contributed by atoms with Crippen molar-refractivity contribution in [1.82, 2.24) is 15.4 Å². The fourth-order valence-electron chi connectivity index (χ4n) is 3.63. The van der Waals surface area contributed by atoms with Crippen molar-refractivity contribution in [3.8, 4) is 10.4 Å². The summed E-state index contributed by atoms with van der Waals surface area (Å²) in [7, 11) is -4.40. The van der Waals surface area contributed by atoms with Crippen LogP contribution in [-0.4, -0.2) is 70.1 Å². The van der Waals surface area contributed by atoms with E-state index in [1.165, 1.54) is 30.3 Å². The van der Waals surface area contributed by atoms with E-state index in [1.807, 2.05) is 12.1 Å². The van der Waals surface area contributed by atoms with Crippen molar-refractivity contribution < 1.29 is 32.5 Å². The second-order valence-corrected chi connectivity index (χ2v) is 13.1. The zero-order valence-corrected chi connectivity index (χ0v) is 25.8. The number of nitrogens with one attached hydrogen (secondary N) is 4. The van der Waals surface area contributed by atoms with E-state index in [-0.39, 0.29) is 23.8 Å². The van der Waals surface area contributed by atoms with E-state index in [4.69, 9.17) is 4.74 Å². The number of hydrogen-bond donors (Lipinski definition) is 5. The van der Waals surface area contributed by atoms with Crippen LogP contribution in [0.3, 0.4) is 0 Å². The molecule has 0 saturated heterocycles. The predicted molar refractivity (Wildman–Crippen MR) is 168 cm³/mol. The average Bonchev–Trinajstić information content (AvgIpc) is 3.44. The molecule has 1 aromatic heterocycles. The van der Waals surface area contributed by atoms with Gasteiger partial charge in [-0.05, 0) is 32.9 Å². The molecule has 0 spiro atoms. The first-order valence-electron chi connectivity index (χ1n) is 13.3. The number of nitrogens with zero attached hydrogens (tertiary/aromatic N) is 1. The molecule has 3 aromatic rings. The summed E-state index contributed by atoms with van der Waals surface area (Å²) in [6.07, 6.45) is 0.00410. The van der Waals surface area contributed by atoms with Crippen molar-refractivity contribution in [2.75, 3.05) is 18.3 Å². The Morgan fingerprint density at radius 3 is 2.44 bits per heavy atom. The van der Waals surface area contributed by atoms with Gasteiger partial charge in [0.05, 0.1) is 4.90 Å². The summed E-state index contributed by atoms with van der Waals surface area (Å²) >= 11 is 1.20. The number of benzene rings is 2. The molecule has 16 heteroatoms. The monoisotopic (exact) mass is 625 g/mol. The molecule has 226 valence electrons. The quantitative estimate of drug-likeness (QED) is 0.0876. The molecule has 12 nitrogen and oxygen atoms in total. The molecule has 0 saturated carbocycles. The van der Waals surface area contributed by atoms with Gasteiger partial charge in [-0.1, -0.05) is 18.2 Å². The van der Waals surface area contributed by atoms with Gasteiger partial charge in [0.1, 0.15) is 11.6 Å². The number of ether oxygens (including phenoxy) is 1. The first-order valence-corrected chi connectivity index (χ1v) is 15.6. The van der Waals surface area contributed by atoms with E-state index in [0.717, 1.165) is 10.4 Å². The predicted octanol–water partition coefficient (Wildman–Crippen LogP) is 2.31. The van der Waals surface area contributed by atoms with Gasteiger partial charge in [-0.2, -0.15) is 4.72 Å². The Morgan fingerprint density at radius 2 is 1.79 bits per heavy atom. The molecule has 3 rings (SSSR count). The van der Waals surface area contributed by atoms with Gasteiger partial charge in [0.15, 0.2) is 0 Å². The summed E-state index contributed by atoms with van der Waals surface area (Å²) < 4.78 is 44.3. The van der Waals surface area contributed by atoms with Gasteiger partial charge in [-0.25, -0.2) is 8.42 Å². The standard InChI is InChI=1S/C27H33B2N5O7S2/c1-27(2,3)41-25(36)21(34-43(39,40)20-11-6-5-7-12-20)16-30-24(35)23-14-13-22(42-23)18-9-8-10-19(15-18)32-26(31-17-28-37)33-29(4)38/h5-15,21,34,38H,16-17H2,1-4H3,(H,30,35)(H2,31,32,33). The molecule has 1 atom stereocenters.